The van der Waals surface area contributed by atoms with Crippen LogP contribution in [0, 0.1) is 5.92 Å². The molecule has 2 atom stereocenters. The van der Waals surface area contributed by atoms with E-state index in [1.54, 1.807) is 6.92 Å². The van der Waals surface area contributed by atoms with Gasteiger partial charge in [0.1, 0.15) is 0 Å². The first-order valence-electron chi connectivity index (χ1n) is 8.43. The van der Waals surface area contributed by atoms with Crippen molar-refractivity contribution < 1.29 is 17.9 Å². The zero-order chi connectivity index (χ0) is 17.5. The van der Waals surface area contributed by atoms with Gasteiger partial charge in [0.2, 0.25) is 0 Å². The van der Waals surface area contributed by atoms with Crippen molar-refractivity contribution in [2.45, 2.75) is 46.1 Å². The zero-order valence-corrected chi connectivity index (χ0v) is 15.6. The standard InChI is InChI=1S/C15H31N3O4S/c1-5-13(3)17(4)11-9-16-23(20,21)18-10-7-8-14(12-18)15(19)22-6-2/h13-14,16H,5-12H2,1-4H3/t13-,14+/m1/s1. The largest absolute Gasteiger partial charge is 0.466 e. The summed E-state index contributed by atoms with van der Waals surface area (Å²) in [7, 11) is -1.56. The molecule has 0 spiro atoms. The lowest BCUT2D eigenvalue weighted by atomic mass is 10.0. The van der Waals surface area contributed by atoms with Gasteiger partial charge in [-0.05, 0) is 40.2 Å². The Morgan fingerprint density at radius 2 is 2.13 bits per heavy atom. The third-order valence-corrected chi connectivity index (χ3v) is 6.02. The molecule has 1 rings (SSSR count). The molecule has 0 aromatic heterocycles. The van der Waals surface area contributed by atoms with Crippen LogP contribution >= 0.6 is 0 Å². The molecule has 0 aromatic carbocycles. The van der Waals surface area contributed by atoms with Gasteiger partial charge in [-0.2, -0.15) is 12.7 Å². The van der Waals surface area contributed by atoms with Crippen LogP contribution < -0.4 is 4.72 Å². The molecule has 1 aliphatic heterocycles. The summed E-state index contributed by atoms with van der Waals surface area (Å²) in [4.78, 5) is 13.9. The summed E-state index contributed by atoms with van der Waals surface area (Å²) in [5.74, 6) is -0.660. The molecule has 1 fully saturated rings. The molecular formula is C15H31N3O4S. The van der Waals surface area contributed by atoms with Crippen molar-refractivity contribution in [2.75, 3.05) is 39.8 Å². The highest BCUT2D eigenvalue weighted by atomic mass is 32.2. The van der Waals surface area contributed by atoms with Gasteiger partial charge in [0.05, 0.1) is 12.5 Å². The highest BCUT2D eigenvalue weighted by Crippen LogP contribution is 2.19. The molecule has 0 aromatic rings. The molecule has 8 heteroatoms. The summed E-state index contributed by atoms with van der Waals surface area (Å²) < 4.78 is 33.8. The minimum Gasteiger partial charge on any atom is -0.466 e. The Kier molecular flexibility index (Phi) is 8.46. The van der Waals surface area contributed by atoms with Crippen molar-refractivity contribution in [1.29, 1.82) is 0 Å². The Balaban J connectivity index is 2.50. The number of nitrogens with one attached hydrogen (secondary N) is 1. The normalized spacial score (nSPS) is 21.3. The third kappa shape index (κ3) is 6.37. The Morgan fingerprint density at radius 1 is 1.43 bits per heavy atom. The van der Waals surface area contributed by atoms with Crippen molar-refractivity contribution in [3.8, 4) is 0 Å². The van der Waals surface area contributed by atoms with Crippen molar-refractivity contribution in [2.24, 2.45) is 5.92 Å². The van der Waals surface area contributed by atoms with Crippen LogP contribution in [0.5, 0.6) is 0 Å². The zero-order valence-electron chi connectivity index (χ0n) is 14.7. The van der Waals surface area contributed by atoms with E-state index < -0.39 is 10.2 Å². The van der Waals surface area contributed by atoms with Crippen LogP contribution in [0.15, 0.2) is 0 Å². The number of rotatable bonds is 9. The smallest absolute Gasteiger partial charge is 0.310 e. The molecule has 1 heterocycles. The molecule has 1 saturated heterocycles. The van der Waals surface area contributed by atoms with Gasteiger partial charge in [-0.1, -0.05) is 6.92 Å². The minimum absolute atomic E-state index is 0.204. The number of ether oxygens (including phenoxy) is 1. The fraction of sp³-hybridized carbons (Fsp3) is 0.933. The summed E-state index contributed by atoms with van der Waals surface area (Å²) >= 11 is 0. The Bertz CT molecular complexity index is 469. The minimum atomic E-state index is -3.54. The molecule has 0 unspecified atom stereocenters. The van der Waals surface area contributed by atoms with E-state index in [2.05, 4.69) is 23.5 Å². The monoisotopic (exact) mass is 349 g/mol. The number of hydrogen-bond acceptors (Lipinski definition) is 5. The van der Waals surface area contributed by atoms with E-state index in [4.69, 9.17) is 4.74 Å². The first kappa shape index (κ1) is 20.3. The summed E-state index contributed by atoms with van der Waals surface area (Å²) in [5, 5.41) is 0. The van der Waals surface area contributed by atoms with Gasteiger partial charge in [0.25, 0.3) is 10.2 Å². The maximum Gasteiger partial charge on any atom is 0.310 e. The van der Waals surface area contributed by atoms with Gasteiger partial charge >= 0.3 is 5.97 Å². The molecule has 0 amide bonds. The average Bonchev–Trinajstić information content (AvgIpc) is 2.54. The Morgan fingerprint density at radius 3 is 2.74 bits per heavy atom. The first-order valence-corrected chi connectivity index (χ1v) is 9.87. The SMILES string of the molecule is CCOC(=O)[C@H]1CCCN(S(=O)(=O)NCCN(C)[C@H](C)CC)C1. The van der Waals surface area contributed by atoms with Crippen LogP contribution in [0.2, 0.25) is 0 Å². The molecule has 7 nitrogen and oxygen atoms in total. The maximum atomic E-state index is 12.4. The topological polar surface area (TPSA) is 78.9 Å². The summed E-state index contributed by atoms with van der Waals surface area (Å²) in [5.41, 5.74) is 0. The third-order valence-electron chi connectivity index (χ3n) is 4.44. The molecule has 23 heavy (non-hydrogen) atoms. The van der Waals surface area contributed by atoms with Gasteiger partial charge in [-0.15, -0.1) is 0 Å². The quantitative estimate of drug-likeness (QED) is 0.624. The summed E-state index contributed by atoms with van der Waals surface area (Å²) in [6.45, 7) is 7.97. The number of esters is 1. The van der Waals surface area contributed by atoms with Gasteiger partial charge in [-0.25, -0.2) is 4.72 Å². The summed E-state index contributed by atoms with van der Waals surface area (Å²) in [6.07, 6.45) is 2.38. The molecule has 1 aliphatic rings. The van der Waals surface area contributed by atoms with Crippen molar-refractivity contribution in [3.63, 3.8) is 0 Å². The maximum absolute atomic E-state index is 12.4. The number of hydrogen-bond donors (Lipinski definition) is 1. The second-order valence-corrected chi connectivity index (χ2v) is 7.84. The molecule has 1 N–H and O–H groups in total. The van der Waals surface area contributed by atoms with E-state index in [1.807, 2.05) is 7.05 Å². The molecule has 136 valence electrons. The highest BCUT2D eigenvalue weighted by Gasteiger charge is 2.32. The van der Waals surface area contributed by atoms with E-state index in [1.165, 1.54) is 4.31 Å². The van der Waals surface area contributed by atoms with Crippen molar-refractivity contribution >= 4 is 16.2 Å². The fourth-order valence-corrected chi connectivity index (χ4v) is 3.87. The molecular weight excluding hydrogens is 318 g/mol. The van der Waals surface area contributed by atoms with Crippen molar-refractivity contribution in [3.05, 3.63) is 0 Å². The van der Waals surface area contributed by atoms with Crippen LogP contribution in [-0.2, 0) is 19.7 Å². The van der Waals surface area contributed by atoms with Gasteiger partial charge < -0.3 is 9.64 Å². The van der Waals surface area contributed by atoms with E-state index in [9.17, 15) is 13.2 Å². The molecule has 0 radical (unpaired) electrons. The Labute approximate surface area is 140 Å². The van der Waals surface area contributed by atoms with E-state index in [0.717, 1.165) is 6.42 Å². The Hall–Kier alpha value is -0.700. The average molecular weight is 349 g/mol. The number of nitrogens with zero attached hydrogens (tertiary/aromatic N) is 2. The van der Waals surface area contributed by atoms with E-state index in [-0.39, 0.29) is 18.4 Å². The predicted molar refractivity (Wildman–Crippen MR) is 90.2 cm³/mol. The van der Waals surface area contributed by atoms with Crippen LogP contribution in [0.1, 0.15) is 40.0 Å². The summed E-state index contributed by atoms with van der Waals surface area (Å²) in [6, 6.07) is 0.419. The lowest BCUT2D eigenvalue weighted by Crippen LogP contribution is -2.49. The number of carbonyl (C=O) groups is 1. The number of carbonyl (C=O) groups excluding carboxylic acids is 1. The van der Waals surface area contributed by atoms with Crippen LogP contribution in [0.3, 0.4) is 0 Å². The van der Waals surface area contributed by atoms with E-state index >= 15 is 0 Å². The number of piperidine rings is 1. The van der Waals surface area contributed by atoms with Gasteiger partial charge in [0.15, 0.2) is 0 Å². The van der Waals surface area contributed by atoms with Crippen molar-refractivity contribution in [1.82, 2.24) is 13.9 Å². The fourth-order valence-electron chi connectivity index (χ4n) is 2.59. The second kappa shape index (κ2) is 9.56. The molecule has 0 bridgehead atoms. The lowest BCUT2D eigenvalue weighted by Gasteiger charge is -2.31. The van der Waals surface area contributed by atoms with Gasteiger partial charge in [-0.3, -0.25) is 4.79 Å². The van der Waals surface area contributed by atoms with Crippen LogP contribution in [0.25, 0.3) is 0 Å². The van der Waals surface area contributed by atoms with E-state index in [0.29, 0.717) is 45.1 Å². The van der Waals surface area contributed by atoms with Crippen LogP contribution in [0.4, 0.5) is 0 Å². The highest BCUT2D eigenvalue weighted by molar-refractivity contribution is 7.87. The molecule has 0 aliphatic carbocycles. The number of likely N-dealkylation sites (N-methyl/N-ethyl adjacent to an activating group) is 1. The van der Waals surface area contributed by atoms with Gasteiger partial charge in [0, 0.05) is 32.2 Å². The second-order valence-electron chi connectivity index (χ2n) is 6.09. The predicted octanol–water partition coefficient (Wildman–Crippen LogP) is 0.826. The van der Waals surface area contributed by atoms with Crippen LogP contribution in [-0.4, -0.2) is 69.5 Å². The first-order chi connectivity index (χ1) is 10.8. The lowest BCUT2D eigenvalue weighted by molar-refractivity contribution is -0.149. The molecule has 0 saturated carbocycles.